The lowest BCUT2D eigenvalue weighted by Crippen LogP contribution is -2.43. The van der Waals surface area contributed by atoms with Gasteiger partial charge in [-0.1, -0.05) is 55.7 Å². The predicted octanol–water partition coefficient (Wildman–Crippen LogP) is 4.68. The van der Waals surface area contributed by atoms with Gasteiger partial charge in [0.05, 0.1) is 18.0 Å². The third-order valence-electron chi connectivity index (χ3n) is 6.49. The third kappa shape index (κ3) is 4.99. The summed E-state index contributed by atoms with van der Waals surface area (Å²) in [7, 11) is 0. The molecule has 2 N–H and O–H groups in total. The quantitative estimate of drug-likeness (QED) is 0.560. The van der Waals surface area contributed by atoms with E-state index in [0.29, 0.717) is 11.7 Å². The average molecular weight is 436 g/mol. The summed E-state index contributed by atoms with van der Waals surface area (Å²) in [5.74, 6) is 0.265. The van der Waals surface area contributed by atoms with Crippen LogP contribution in [0.2, 0.25) is 0 Å². The number of tetrazole rings is 1. The molecule has 1 aliphatic carbocycles. The van der Waals surface area contributed by atoms with E-state index in [1.54, 1.807) is 0 Å². The molecule has 4 rings (SSSR count). The molecule has 32 heavy (non-hydrogen) atoms. The Labute approximate surface area is 189 Å². The largest absolute Gasteiger partial charge is 0.481 e. The van der Waals surface area contributed by atoms with Gasteiger partial charge >= 0.3 is 5.97 Å². The van der Waals surface area contributed by atoms with Crippen LogP contribution >= 0.6 is 0 Å². The molecule has 0 aliphatic heterocycles. The third-order valence-corrected chi connectivity index (χ3v) is 6.49. The number of hydrogen-bond donors (Lipinski definition) is 2. The first kappa shape index (κ1) is 22.4. The first-order valence-electron chi connectivity index (χ1n) is 11.6. The van der Waals surface area contributed by atoms with Crippen LogP contribution in [0.25, 0.3) is 10.8 Å². The molecule has 1 saturated carbocycles. The molecule has 2 atom stereocenters. The van der Waals surface area contributed by atoms with Gasteiger partial charge in [-0.05, 0) is 72.4 Å². The van der Waals surface area contributed by atoms with Crippen molar-refractivity contribution in [1.82, 2.24) is 25.5 Å². The van der Waals surface area contributed by atoms with Crippen molar-refractivity contribution in [3.05, 3.63) is 53.9 Å². The number of aromatic nitrogens is 4. The summed E-state index contributed by atoms with van der Waals surface area (Å²) in [5, 5.41) is 28.3. The van der Waals surface area contributed by atoms with Crippen molar-refractivity contribution in [2.75, 3.05) is 0 Å². The van der Waals surface area contributed by atoms with Crippen LogP contribution in [-0.4, -0.2) is 37.3 Å². The first-order valence-corrected chi connectivity index (χ1v) is 11.6. The fraction of sp³-hybridized carbons (Fsp3) is 0.520. The van der Waals surface area contributed by atoms with E-state index in [1.807, 2.05) is 16.8 Å². The minimum atomic E-state index is -0.777. The lowest BCUT2D eigenvalue weighted by atomic mass is 9.82. The van der Waals surface area contributed by atoms with Crippen molar-refractivity contribution in [3.8, 4) is 0 Å². The summed E-state index contributed by atoms with van der Waals surface area (Å²) in [6.45, 7) is 6.21. The number of nitrogens with one attached hydrogen (secondary N) is 1. The van der Waals surface area contributed by atoms with Gasteiger partial charge in [0.15, 0.2) is 5.82 Å². The van der Waals surface area contributed by atoms with E-state index in [9.17, 15) is 9.90 Å². The molecule has 1 fully saturated rings. The molecule has 170 valence electrons. The summed E-state index contributed by atoms with van der Waals surface area (Å²) < 4.78 is 1.85. The molecule has 0 bridgehead atoms. The first-order chi connectivity index (χ1) is 15.3. The molecular formula is C25H33N5O2. The molecule has 0 saturated heterocycles. The van der Waals surface area contributed by atoms with Crippen molar-refractivity contribution in [2.45, 2.75) is 76.9 Å². The molecule has 2 unspecified atom stereocenters. The fourth-order valence-electron chi connectivity index (χ4n) is 4.86. The normalized spacial score (nSPS) is 17.3. The Morgan fingerprint density at radius 2 is 1.84 bits per heavy atom. The number of hydrogen-bond acceptors (Lipinski definition) is 5. The van der Waals surface area contributed by atoms with Crippen LogP contribution in [0.1, 0.15) is 76.7 Å². The van der Waals surface area contributed by atoms with Crippen LogP contribution in [0.4, 0.5) is 0 Å². The Bertz CT molecular complexity index is 1070. The number of nitrogens with zero attached hydrogens (tertiary/aromatic N) is 4. The van der Waals surface area contributed by atoms with Crippen molar-refractivity contribution >= 4 is 16.7 Å². The molecule has 0 spiro atoms. The summed E-state index contributed by atoms with van der Waals surface area (Å²) >= 11 is 0. The topological polar surface area (TPSA) is 92.9 Å². The predicted molar refractivity (Wildman–Crippen MR) is 124 cm³/mol. The summed E-state index contributed by atoms with van der Waals surface area (Å²) in [6.07, 6.45) is 5.74. The van der Waals surface area contributed by atoms with Gasteiger partial charge in [0.1, 0.15) is 0 Å². The maximum Gasteiger partial charge on any atom is 0.304 e. The molecule has 1 aliphatic rings. The van der Waals surface area contributed by atoms with E-state index >= 15 is 0 Å². The number of carboxylic acids is 1. The van der Waals surface area contributed by atoms with Crippen LogP contribution in [0.5, 0.6) is 0 Å². The molecule has 7 heteroatoms. The molecule has 0 radical (unpaired) electrons. The number of carbonyl (C=O) groups is 1. The standard InChI is InChI=1S/C25H33N5O2/c1-25(2,3)30-24(27-28-29-30)23(20-14-13-17-9-7-8-12-19(17)15-20)26-21(16-22(31)32)18-10-5-4-6-11-18/h7-9,12-15,18,21,23,26H,4-6,10-11,16H2,1-3H3,(H,31,32). The minimum absolute atomic E-state index is 0.0891. The molecule has 0 amide bonds. The highest BCUT2D eigenvalue weighted by Crippen LogP contribution is 2.32. The van der Waals surface area contributed by atoms with E-state index in [1.165, 1.54) is 11.8 Å². The molecule has 3 aromatic rings. The van der Waals surface area contributed by atoms with Crippen LogP contribution in [-0.2, 0) is 10.3 Å². The van der Waals surface area contributed by atoms with Crippen LogP contribution in [0, 0.1) is 5.92 Å². The molecule has 2 aromatic carbocycles. The Morgan fingerprint density at radius 3 is 2.53 bits per heavy atom. The maximum absolute atomic E-state index is 11.8. The second-order valence-electron chi connectivity index (χ2n) is 9.93. The number of benzene rings is 2. The van der Waals surface area contributed by atoms with Crippen molar-refractivity contribution < 1.29 is 9.90 Å². The van der Waals surface area contributed by atoms with Gasteiger partial charge in [-0.15, -0.1) is 5.10 Å². The summed E-state index contributed by atoms with van der Waals surface area (Å²) in [5.41, 5.74) is 0.734. The number of carboxylic acid groups (broad SMARTS) is 1. The lowest BCUT2D eigenvalue weighted by molar-refractivity contribution is -0.138. The number of aliphatic carboxylic acids is 1. The highest BCUT2D eigenvalue weighted by Gasteiger charge is 2.33. The number of fused-ring (bicyclic) bond motifs is 1. The monoisotopic (exact) mass is 435 g/mol. The van der Waals surface area contributed by atoms with E-state index in [2.05, 4.69) is 71.9 Å². The lowest BCUT2D eigenvalue weighted by Gasteiger charge is -2.34. The zero-order valence-corrected chi connectivity index (χ0v) is 19.2. The smallest absolute Gasteiger partial charge is 0.304 e. The zero-order valence-electron chi connectivity index (χ0n) is 19.2. The van der Waals surface area contributed by atoms with E-state index in [-0.39, 0.29) is 24.0 Å². The maximum atomic E-state index is 11.8. The minimum Gasteiger partial charge on any atom is -0.481 e. The Hall–Kier alpha value is -2.80. The summed E-state index contributed by atoms with van der Waals surface area (Å²) in [4.78, 5) is 11.8. The van der Waals surface area contributed by atoms with Crippen molar-refractivity contribution in [3.63, 3.8) is 0 Å². The second kappa shape index (κ2) is 9.36. The molecule has 1 aromatic heterocycles. The second-order valence-corrected chi connectivity index (χ2v) is 9.93. The van der Waals surface area contributed by atoms with Crippen LogP contribution < -0.4 is 5.32 Å². The van der Waals surface area contributed by atoms with Crippen LogP contribution in [0.15, 0.2) is 42.5 Å². The van der Waals surface area contributed by atoms with E-state index in [4.69, 9.17) is 0 Å². The van der Waals surface area contributed by atoms with Gasteiger partial charge in [0, 0.05) is 6.04 Å². The average Bonchev–Trinajstić information content (AvgIpc) is 3.27. The Kier molecular flexibility index (Phi) is 6.55. The van der Waals surface area contributed by atoms with Crippen molar-refractivity contribution in [2.24, 2.45) is 5.92 Å². The molecule has 7 nitrogen and oxygen atoms in total. The van der Waals surface area contributed by atoms with E-state index < -0.39 is 5.97 Å². The van der Waals surface area contributed by atoms with Gasteiger partial charge in [0.2, 0.25) is 0 Å². The van der Waals surface area contributed by atoms with Gasteiger partial charge in [-0.25, -0.2) is 4.68 Å². The van der Waals surface area contributed by atoms with Gasteiger partial charge < -0.3 is 5.11 Å². The van der Waals surface area contributed by atoms with Crippen molar-refractivity contribution in [1.29, 1.82) is 0 Å². The Morgan fingerprint density at radius 1 is 1.12 bits per heavy atom. The molecular weight excluding hydrogens is 402 g/mol. The summed E-state index contributed by atoms with van der Waals surface area (Å²) in [6, 6.07) is 14.2. The zero-order chi connectivity index (χ0) is 22.7. The van der Waals surface area contributed by atoms with Gasteiger partial charge in [0.25, 0.3) is 0 Å². The highest BCUT2D eigenvalue weighted by atomic mass is 16.4. The fourth-order valence-corrected chi connectivity index (χ4v) is 4.86. The van der Waals surface area contributed by atoms with Gasteiger partial charge in [-0.3, -0.25) is 10.1 Å². The van der Waals surface area contributed by atoms with Crippen LogP contribution in [0.3, 0.4) is 0 Å². The number of rotatable bonds is 7. The highest BCUT2D eigenvalue weighted by molar-refractivity contribution is 5.83. The molecule has 1 heterocycles. The van der Waals surface area contributed by atoms with Gasteiger partial charge in [-0.2, -0.15) is 0 Å². The SMILES string of the molecule is CC(C)(C)n1nnnc1C(NC(CC(=O)O)C1CCCCC1)c1ccc2ccccc2c1. The Balaban J connectivity index is 1.77. The van der Waals surface area contributed by atoms with E-state index in [0.717, 1.165) is 36.6 Å².